The maximum atomic E-state index is 11.7. The maximum Gasteiger partial charge on any atom is 0.286 e. The van der Waals surface area contributed by atoms with E-state index in [9.17, 15) is 9.59 Å². The average Bonchev–Trinajstić information content (AvgIpc) is 2.41. The van der Waals surface area contributed by atoms with Crippen LogP contribution in [0.1, 0.15) is 6.92 Å². The van der Waals surface area contributed by atoms with Gasteiger partial charge in [0.25, 0.3) is 5.24 Å². The van der Waals surface area contributed by atoms with Crippen molar-refractivity contribution in [1.82, 2.24) is 4.90 Å². The zero-order chi connectivity index (χ0) is 15.0. The van der Waals surface area contributed by atoms with Crippen molar-refractivity contribution in [1.29, 1.82) is 0 Å². The van der Waals surface area contributed by atoms with E-state index in [1.54, 1.807) is 38.4 Å². The van der Waals surface area contributed by atoms with Crippen LogP contribution in [0.4, 0.5) is 10.5 Å². The monoisotopic (exact) mass is 290 g/mol. The minimum atomic E-state index is -0.228. The van der Waals surface area contributed by atoms with Crippen molar-refractivity contribution in [2.45, 2.75) is 11.8 Å². The number of carbonyl (C=O) groups is 2. The van der Waals surface area contributed by atoms with Gasteiger partial charge in [0.2, 0.25) is 5.91 Å². The largest absolute Gasteiger partial charge is 0.339 e. The van der Waals surface area contributed by atoms with Crippen molar-refractivity contribution in [3.8, 4) is 0 Å². The van der Waals surface area contributed by atoms with Gasteiger partial charge in [0, 0.05) is 25.1 Å². The fourth-order valence-corrected chi connectivity index (χ4v) is 2.02. The van der Waals surface area contributed by atoms with Crippen molar-refractivity contribution in [2.24, 2.45) is 0 Å². The summed E-state index contributed by atoms with van der Waals surface area (Å²) < 4.78 is 0. The summed E-state index contributed by atoms with van der Waals surface area (Å²) in [5.74, 6) is -0.228. The van der Waals surface area contributed by atoms with Crippen LogP contribution in [0.25, 0.3) is 0 Å². The molecule has 1 aromatic carbocycles. The Kier molecular flexibility index (Phi) is 6.59. The minimum Gasteiger partial charge on any atom is -0.339 e. The molecule has 0 heterocycles. The van der Waals surface area contributed by atoms with Gasteiger partial charge in [-0.1, -0.05) is 30.4 Å². The Morgan fingerprint density at radius 3 is 2.55 bits per heavy atom. The number of nitrogens with one attached hydrogen (secondary N) is 1. The molecule has 0 aliphatic carbocycles. The quantitative estimate of drug-likeness (QED) is 0.524. The SMILES string of the molecule is C/C=C/C=C/C(=O)Nc1ccccc1SC(=O)N(C)C. The summed E-state index contributed by atoms with van der Waals surface area (Å²) >= 11 is 1.08. The van der Waals surface area contributed by atoms with Crippen LogP contribution in [0.15, 0.2) is 53.5 Å². The maximum absolute atomic E-state index is 11.7. The van der Waals surface area contributed by atoms with Crippen LogP contribution >= 0.6 is 11.8 Å². The molecule has 0 fully saturated rings. The predicted molar refractivity (Wildman–Crippen MR) is 84.0 cm³/mol. The summed E-state index contributed by atoms with van der Waals surface area (Å²) in [5, 5.41) is 2.68. The second kappa shape index (κ2) is 8.22. The predicted octanol–water partition coefficient (Wildman–Crippen LogP) is 3.53. The van der Waals surface area contributed by atoms with E-state index in [-0.39, 0.29) is 11.1 Å². The molecule has 5 heteroatoms. The Hall–Kier alpha value is -2.01. The first kappa shape index (κ1) is 16.0. The molecule has 1 rings (SSSR count). The molecule has 4 nitrogen and oxygen atoms in total. The van der Waals surface area contributed by atoms with Crippen molar-refractivity contribution in [3.05, 3.63) is 48.6 Å². The van der Waals surface area contributed by atoms with Crippen molar-refractivity contribution < 1.29 is 9.59 Å². The Balaban J connectivity index is 2.80. The second-order valence-electron chi connectivity index (χ2n) is 4.13. The topological polar surface area (TPSA) is 49.4 Å². The molecule has 0 unspecified atom stereocenters. The number of carbonyl (C=O) groups excluding carboxylic acids is 2. The van der Waals surface area contributed by atoms with Crippen LogP contribution in [-0.2, 0) is 4.79 Å². The number of rotatable bonds is 4. The van der Waals surface area contributed by atoms with Gasteiger partial charge in [-0.15, -0.1) is 0 Å². The van der Waals surface area contributed by atoms with Crippen LogP contribution in [-0.4, -0.2) is 30.1 Å². The normalized spacial score (nSPS) is 10.9. The lowest BCUT2D eigenvalue weighted by Crippen LogP contribution is -2.16. The number of allylic oxidation sites excluding steroid dienone is 3. The van der Waals surface area contributed by atoms with E-state index in [0.29, 0.717) is 5.69 Å². The van der Waals surface area contributed by atoms with Crippen molar-refractivity contribution in [3.63, 3.8) is 0 Å². The number of thioether (sulfide) groups is 1. The number of nitrogens with zero attached hydrogens (tertiary/aromatic N) is 1. The third-order valence-corrected chi connectivity index (χ3v) is 3.37. The highest BCUT2D eigenvalue weighted by molar-refractivity contribution is 8.13. The molecule has 0 atom stereocenters. The van der Waals surface area contributed by atoms with Gasteiger partial charge in [-0.3, -0.25) is 9.59 Å². The molecule has 0 bridgehead atoms. The van der Waals surface area contributed by atoms with Gasteiger partial charge >= 0.3 is 0 Å². The lowest BCUT2D eigenvalue weighted by molar-refractivity contribution is -0.111. The number of hydrogen-bond acceptors (Lipinski definition) is 3. The number of para-hydroxylation sites is 1. The van der Waals surface area contributed by atoms with Gasteiger partial charge in [-0.05, 0) is 30.8 Å². The van der Waals surface area contributed by atoms with E-state index in [2.05, 4.69) is 5.32 Å². The molecular weight excluding hydrogens is 272 g/mol. The van der Waals surface area contributed by atoms with Gasteiger partial charge in [0.05, 0.1) is 5.69 Å². The molecule has 106 valence electrons. The molecule has 1 aromatic rings. The molecule has 0 aliphatic rings. The molecule has 0 aliphatic heterocycles. The smallest absolute Gasteiger partial charge is 0.286 e. The average molecular weight is 290 g/mol. The summed E-state index contributed by atoms with van der Waals surface area (Å²) in [6, 6.07) is 7.22. The van der Waals surface area contributed by atoms with Crippen LogP contribution in [0, 0.1) is 0 Å². The Morgan fingerprint density at radius 1 is 1.20 bits per heavy atom. The Labute approximate surface area is 123 Å². The van der Waals surface area contributed by atoms with Gasteiger partial charge < -0.3 is 10.2 Å². The molecule has 0 spiro atoms. The van der Waals surface area contributed by atoms with E-state index < -0.39 is 0 Å². The molecule has 1 N–H and O–H groups in total. The fourth-order valence-electron chi connectivity index (χ4n) is 1.27. The third kappa shape index (κ3) is 5.32. The summed E-state index contributed by atoms with van der Waals surface area (Å²) in [6.45, 7) is 1.88. The molecule has 2 amide bonds. The second-order valence-corrected chi connectivity index (χ2v) is 5.13. The minimum absolute atomic E-state index is 0.0869. The molecule has 0 saturated carbocycles. The van der Waals surface area contributed by atoms with E-state index >= 15 is 0 Å². The molecule has 0 saturated heterocycles. The van der Waals surface area contributed by atoms with Gasteiger partial charge in [0.1, 0.15) is 0 Å². The third-order valence-electron chi connectivity index (χ3n) is 2.26. The van der Waals surface area contributed by atoms with E-state index in [1.165, 1.54) is 11.0 Å². The van der Waals surface area contributed by atoms with Crippen LogP contribution in [0.5, 0.6) is 0 Å². The molecule has 20 heavy (non-hydrogen) atoms. The molecule has 0 aromatic heterocycles. The molecule has 0 radical (unpaired) electrons. The standard InChI is InChI=1S/C15H18N2O2S/c1-4-5-6-11-14(18)16-12-9-7-8-10-13(12)20-15(19)17(2)3/h4-11H,1-3H3,(H,16,18)/b5-4+,11-6+. The van der Waals surface area contributed by atoms with Gasteiger partial charge in [-0.25, -0.2) is 0 Å². The highest BCUT2D eigenvalue weighted by Crippen LogP contribution is 2.28. The summed E-state index contributed by atoms with van der Waals surface area (Å²) in [4.78, 5) is 25.7. The zero-order valence-electron chi connectivity index (χ0n) is 11.8. The molecular formula is C15H18N2O2S. The number of benzene rings is 1. The summed E-state index contributed by atoms with van der Waals surface area (Å²) in [7, 11) is 3.38. The number of amides is 2. The van der Waals surface area contributed by atoms with E-state index in [1.807, 2.05) is 25.1 Å². The first-order valence-electron chi connectivity index (χ1n) is 6.13. The lowest BCUT2D eigenvalue weighted by Gasteiger charge is -2.12. The van der Waals surface area contributed by atoms with E-state index in [4.69, 9.17) is 0 Å². The Morgan fingerprint density at radius 2 is 1.90 bits per heavy atom. The van der Waals surface area contributed by atoms with Crippen LogP contribution < -0.4 is 5.32 Å². The van der Waals surface area contributed by atoms with Gasteiger partial charge in [-0.2, -0.15) is 0 Å². The highest BCUT2D eigenvalue weighted by Gasteiger charge is 2.11. The van der Waals surface area contributed by atoms with Crippen molar-refractivity contribution >= 4 is 28.6 Å². The van der Waals surface area contributed by atoms with Crippen molar-refractivity contribution in [2.75, 3.05) is 19.4 Å². The zero-order valence-corrected chi connectivity index (χ0v) is 12.6. The highest BCUT2D eigenvalue weighted by atomic mass is 32.2. The number of hydrogen-bond donors (Lipinski definition) is 1. The Bertz CT molecular complexity index is 536. The number of anilines is 1. The summed E-state index contributed by atoms with van der Waals surface area (Å²) in [6.07, 6.45) is 6.71. The van der Waals surface area contributed by atoms with E-state index in [0.717, 1.165) is 16.7 Å². The van der Waals surface area contributed by atoms with Crippen LogP contribution in [0.3, 0.4) is 0 Å². The first-order chi connectivity index (χ1) is 9.54. The first-order valence-corrected chi connectivity index (χ1v) is 6.94. The van der Waals surface area contributed by atoms with Crippen LogP contribution in [0.2, 0.25) is 0 Å². The fraction of sp³-hybridized carbons (Fsp3) is 0.200. The van der Waals surface area contributed by atoms with Gasteiger partial charge in [0.15, 0.2) is 0 Å². The lowest BCUT2D eigenvalue weighted by atomic mass is 10.3. The summed E-state index contributed by atoms with van der Waals surface area (Å²) in [5.41, 5.74) is 0.628.